The zero-order chi connectivity index (χ0) is 5.98. The normalized spacial score (nSPS) is 27.8. The van der Waals surface area contributed by atoms with Crippen molar-refractivity contribution in [3.63, 3.8) is 0 Å². The maximum atomic E-state index is 5.78. The summed E-state index contributed by atoms with van der Waals surface area (Å²) in [6.45, 7) is 2.10. The third kappa shape index (κ3) is 1.38. The first-order valence-corrected chi connectivity index (χ1v) is 3.21. The lowest BCUT2D eigenvalue weighted by molar-refractivity contribution is 0.969. The lowest BCUT2D eigenvalue weighted by Gasteiger charge is -2.06. The molecule has 8 heavy (non-hydrogen) atoms. The van der Waals surface area contributed by atoms with Gasteiger partial charge < -0.3 is 0 Å². The molecule has 1 heteroatoms. The van der Waals surface area contributed by atoms with Gasteiger partial charge in [-0.2, -0.15) is 0 Å². The highest BCUT2D eigenvalue weighted by Crippen LogP contribution is 2.15. The third-order valence-electron chi connectivity index (χ3n) is 1.22. The Morgan fingerprint density at radius 3 is 2.88 bits per heavy atom. The van der Waals surface area contributed by atoms with Gasteiger partial charge in [0.2, 0.25) is 0 Å². The van der Waals surface area contributed by atoms with E-state index in [2.05, 4.69) is 13.0 Å². The molecule has 0 nitrogen and oxygen atoms in total. The molecule has 0 spiro atoms. The van der Waals surface area contributed by atoms with Crippen LogP contribution in [0, 0.1) is 0 Å². The second-order valence-electron chi connectivity index (χ2n) is 2.12. The van der Waals surface area contributed by atoms with Gasteiger partial charge in [-0.25, -0.2) is 0 Å². The minimum absolute atomic E-state index is 0.236. The predicted molar refractivity (Wildman–Crippen MR) is 37.2 cm³/mol. The zero-order valence-corrected chi connectivity index (χ0v) is 5.65. The molecule has 0 heterocycles. The van der Waals surface area contributed by atoms with Crippen LogP contribution in [0.5, 0.6) is 0 Å². The van der Waals surface area contributed by atoms with Crippen molar-refractivity contribution in [2.24, 2.45) is 0 Å². The first-order chi connectivity index (χ1) is 3.79. The summed E-state index contributed by atoms with van der Waals surface area (Å²) in [6.07, 6.45) is 7.13. The van der Waals surface area contributed by atoms with Gasteiger partial charge in [0, 0.05) is 0 Å². The molecule has 1 atom stereocenters. The summed E-state index contributed by atoms with van der Waals surface area (Å²) in [5.41, 5.74) is 1.37. The van der Waals surface area contributed by atoms with E-state index >= 15 is 0 Å². The third-order valence-corrected chi connectivity index (χ3v) is 1.52. The van der Waals surface area contributed by atoms with E-state index in [9.17, 15) is 0 Å². The molecule has 0 aliphatic heterocycles. The summed E-state index contributed by atoms with van der Waals surface area (Å²) >= 11 is 5.78. The molecule has 0 unspecified atom stereocenters. The van der Waals surface area contributed by atoms with Gasteiger partial charge in [-0.15, -0.1) is 11.6 Å². The van der Waals surface area contributed by atoms with E-state index < -0.39 is 0 Å². The molecule has 0 amide bonds. The van der Waals surface area contributed by atoms with Gasteiger partial charge >= 0.3 is 0 Å². The Hall–Kier alpha value is -0.230. The number of halogens is 1. The largest absolute Gasteiger partial charge is 0.118 e. The SMILES string of the molecule is CC1=CC=C[C@@H](Cl)C1. The Kier molecular flexibility index (Phi) is 1.74. The van der Waals surface area contributed by atoms with Crippen molar-refractivity contribution >= 4 is 11.6 Å². The lowest BCUT2D eigenvalue weighted by atomic mass is 10.1. The summed E-state index contributed by atoms with van der Waals surface area (Å²) in [6, 6.07) is 0. The maximum Gasteiger partial charge on any atom is 0.0556 e. The van der Waals surface area contributed by atoms with E-state index in [4.69, 9.17) is 11.6 Å². The Labute approximate surface area is 54.8 Å². The van der Waals surface area contributed by atoms with Crippen LogP contribution >= 0.6 is 11.6 Å². The van der Waals surface area contributed by atoms with Gasteiger partial charge in [-0.05, 0) is 13.3 Å². The lowest BCUT2D eigenvalue weighted by Crippen LogP contribution is -1.96. The van der Waals surface area contributed by atoms with Crippen molar-refractivity contribution in [2.45, 2.75) is 18.7 Å². The summed E-state index contributed by atoms with van der Waals surface area (Å²) in [4.78, 5) is 0. The van der Waals surface area contributed by atoms with Gasteiger partial charge in [0.05, 0.1) is 5.38 Å². The fourth-order valence-corrected chi connectivity index (χ4v) is 1.11. The average molecular weight is 129 g/mol. The van der Waals surface area contributed by atoms with Gasteiger partial charge in [0.25, 0.3) is 0 Å². The maximum absolute atomic E-state index is 5.78. The Morgan fingerprint density at radius 1 is 1.75 bits per heavy atom. The molecule has 0 aromatic carbocycles. The van der Waals surface area contributed by atoms with E-state index in [0.717, 1.165) is 6.42 Å². The molecule has 0 aromatic rings. The van der Waals surface area contributed by atoms with Crippen molar-refractivity contribution in [3.8, 4) is 0 Å². The molecule has 0 radical (unpaired) electrons. The van der Waals surface area contributed by atoms with Crippen LogP contribution in [-0.2, 0) is 0 Å². The smallest absolute Gasteiger partial charge is 0.0556 e. The van der Waals surface area contributed by atoms with Crippen molar-refractivity contribution < 1.29 is 0 Å². The summed E-state index contributed by atoms with van der Waals surface area (Å²) in [5, 5.41) is 0.236. The van der Waals surface area contributed by atoms with Crippen molar-refractivity contribution in [1.29, 1.82) is 0 Å². The van der Waals surface area contributed by atoms with E-state index in [1.54, 1.807) is 0 Å². The standard InChI is InChI=1S/C7H9Cl/c1-6-3-2-4-7(8)5-6/h2-4,7H,5H2,1H3/t7-/m1/s1. The molecule has 1 aliphatic carbocycles. The van der Waals surface area contributed by atoms with Gasteiger partial charge in [-0.1, -0.05) is 23.8 Å². The van der Waals surface area contributed by atoms with Crippen LogP contribution in [0.1, 0.15) is 13.3 Å². The van der Waals surface area contributed by atoms with Crippen LogP contribution in [-0.4, -0.2) is 5.38 Å². The fraction of sp³-hybridized carbons (Fsp3) is 0.429. The summed E-state index contributed by atoms with van der Waals surface area (Å²) < 4.78 is 0. The minimum atomic E-state index is 0.236. The van der Waals surface area contributed by atoms with Gasteiger partial charge in [-0.3, -0.25) is 0 Å². The molecular weight excluding hydrogens is 120 g/mol. The number of hydrogen-bond acceptors (Lipinski definition) is 0. The van der Waals surface area contributed by atoms with Crippen LogP contribution in [0.4, 0.5) is 0 Å². The number of allylic oxidation sites excluding steroid dienone is 4. The number of alkyl halides is 1. The van der Waals surface area contributed by atoms with E-state index in [1.807, 2.05) is 12.2 Å². The van der Waals surface area contributed by atoms with Crippen LogP contribution < -0.4 is 0 Å². The second-order valence-corrected chi connectivity index (χ2v) is 2.68. The molecule has 0 bridgehead atoms. The van der Waals surface area contributed by atoms with Crippen molar-refractivity contribution in [1.82, 2.24) is 0 Å². The molecule has 1 aliphatic rings. The second kappa shape index (κ2) is 2.36. The molecular formula is C7H9Cl. The van der Waals surface area contributed by atoms with E-state index in [1.165, 1.54) is 5.57 Å². The van der Waals surface area contributed by atoms with Crippen molar-refractivity contribution in [3.05, 3.63) is 23.8 Å². The Bertz CT molecular complexity index is 133. The van der Waals surface area contributed by atoms with Crippen LogP contribution in [0.25, 0.3) is 0 Å². The number of hydrogen-bond donors (Lipinski definition) is 0. The summed E-state index contributed by atoms with van der Waals surface area (Å²) in [7, 11) is 0. The highest BCUT2D eigenvalue weighted by molar-refractivity contribution is 6.22. The Morgan fingerprint density at radius 2 is 2.50 bits per heavy atom. The zero-order valence-electron chi connectivity index (χ0n) is 4.89. The molecule has 0 aromatic heterocycles. The topological polar surface area (TPSA) is 0 Å². The van der Waals surface area contributed by atoms with Crippen molar-refractivity contribution in [2.75, 3.05) is 0 Å². The fourth-order valence-electron chi connectivity index (χ4n) is 0.784. The molecule has 0 N–H and O–H groups in total. The number of rotatable bonds is 0. The molecule has 1 rings (SSSR count). The minimum Gasteiger partial charge on any atom is -0.118 e. The van der Waals surface area contributed by atoms with Crippen LogP contribution in [0.2, 0.25) is 0 Å². The first kappa shape index (κ1) is 5.90. The summed E-state index contributed by atoms with van der Waals surface area (Å²) in [5.74, 6) is 0. The molecule has 44 valence electrons. The Balaban J connectivity index is 2.59. The van der Waals surface area contributed by atoms with E-state index in [0.29, 0.717) is 0 Å². The monoisotopic (exact) mass is 128 g/mol. The molecule has 0 saturated heterocycles. The van der Waals surface area contributed by atoms with Gasteiger partial charge in [0.15, 0.2) is 0 Å². The van der Waals surface area contributed by atoms with Gasteiger partial charge in [0.1, 0.15) is 0 Å². The van der Waals surface area contributed by atoms with Crippen LogP contribution in [0.15, 0.2) is 23.8 Å². The quantitative estimate of drug-likeness (QED) is 0.440. The first-order valence-electron chi connectivity index (χ1n) is 2.77. The van der Waals surface area contributed by atoms with E-state index in [-0.39, 0.29) is 5.38 Å². The van der Waals surface area contributed by atoms with Crippen LogP contribution in [0.3, 0.4) is 0 Å². The predicted octanol–water partition coefficient (Wildman–Crippen LogP) is 2.50. The average Bonchev–Trinajstić information content (AvgIpc) is 1.64. The highest BCUT2D eigenvalue weighted by atomic mass is 35.5. The molecule has 0 saturated carbocycles. The highest BCUT2D eigenvalue weighted by Gasteiger charge is 2.02. The molecule has 0 fully saturated rings.